The molecule has 2 aromatic heterocycles. The molecule has 8 heteroatoms. The van der Waals surface area contributed by atoms with Crippen molar-refractivity contribution in [3.63, 3.8) is 0 Å². The Morgan fingerprint density at radius 2 is 1.26 bits per heavy atom. The molecule has 5 rings (SSSR count). The number of rotatable bonds is 16. The maximum atomic E-state index is 13.3. The van der Waals surface area contributed by atoms with Crippen molar-refractivity contribution in [2.45, 2.75) is 50.7 Å². The fourth-order valence-corrected chi connectivity index (χ4v) is 6.37. The number of hydrogen-bond acceptors (Lipinski definition) is 7. The molecule has 246 valence electrons. The molecule has 0 N–H and O–H groups in total. The lowest BCUT2D eigenvalue weighted by Crippen LogP contribution is -2.52. The van der Waals surface area contributed by atoms with Gasteiger partial charge in [-0.15, -0.1) is 0 Å². The summed E-state index contributed by atoms with van der Waals surface area (Å²) in [5, 5.41) is 0. The highest BCUT2D eigenvalue weighted by Gasteiger charge is 2.28. The summed E-state index contributed by atoms with van der Waals surface area (Å²) >= 11 is 0. The molecule has 0 saturated carbocycles. The van der Waals surface area contributed by atoms with Gasteiger partial charge < -0.3 is 9.64 Å². The first-order valence-electron chi connectivity index (χ1n) is 16.8. The van der Waals surface area contributed by atoms with E-state index in [1.807, 2.05) is 48.6 Å². The Morgan fingerprint density at radius 3 is 1.74 bits per heavy atom. The number of likely N-dealkylation sites (N-methyl/N-ethyl adjacent to an activating group) is 1. The number of amides is 1. The summed E-state index contributed by atoms with van der Waals surface area (Å²) in [4.78, 5) is 40.9. The second-order valence-corrected chi connectivity index (χ2v) is 12.4. The van der Waals surface area contributed by atoms with Crippen molar-refractivity contribution in [1.29, 1.82) is 0 Å². The molecule has 0 spiro atoms. The van der Waals surface area contributed by atoms with Crippen LogP contribution in [0.4, 0.5) is 0 Å². The van der Waals surface area contributed by atoms with E-state index in [1.165, 1.54) is 22.3 Å². The van der Waals surface area contributed by atoms with E-state index < -0.39 is 0 Å². The standard InChI is InChI=1S/C39H47N5O3/c1-42(30-37(45)43-24-26-44(27-25-43)39(34-16-4-2-5-17-34)35-18-6-3-7-19-35)31-38(46)47-36(20-8-12-32-14-10-22-40-28-32)21-9-13-33-15-11-23-41-29-33/h2-7,10-11,14-19,22-23,28-29,36,39H,8-9,12-13,20-21,24-27,30-31H2,1H3. The fourth-order valence-electron chi connectivity index (χ4n) is 6.37. The van der Waals surface area contributed by atoms with Crippen molar-refractivity contribution in [3.8, 4) is 0 Å². The molecule has 2 aromatic carbocycles. The van der Waals surface area contributed by atoms with E-state index in [9.17, 15) is 9.59 Å². The van der Waals surface area contributed by atoms with Crippen LogP contribution in [0.25, 0.3) is 0 Å². The van der Waals surface area contributed by atoms with Gasteiger partial charge in [0.05, 0.1) is 19.1 Å². The Labute approximate surface area is 279 Å². The molecule has 0 atom stereocenters. The van der Waals surface area contributed by atoms with Crippen molar-refractivity contribution in [1.82, 2.24) is 24.7 Å². The number of nitrogens with zero attached hydrogens (tertiary/aromatic N) is 5. The zero-order valence-corrected chi connectivity index (χ0v) is 27.5. The average molecular weight is 634 g/mol. The van der Waals surface area contributed by atoms with Gasteiger partial charge in [-0.25, -0.2) is 0 Å². The lowest BCUT2D eigenvalue weighted by atomic mass is 9.96. The van der Waals surface area contributed by atoms with Crippen LogP contribution in [0.3, 0.4) is 0 Å². The topological polar surface area (TPSA) is 78.9 Å². The van der Waals surface area contributed by atoms with E-state index in [1.54, 1.807) is 17.3 Å². The van der Waals surface area contributed by atoms with Crippen LogP contribution in [-0.2, 0) is 27.2 Å². The first-order chi connectivity index (χ1) is 23.0. The Morgan fingerprint density at radius 1 is 0.723 bits per heavy atom. The normalized spacial score (nSPS) is 13.7. The minimum Gasteiger partial charge on any atom is -0.461 e. The molecule has 1 aliphatic rings. The molecule has 47 heavy (non-hydrogen) atoms. The first-order valence-corrected chi connectivity index (χ1v) is 16.8. The van der Waals surface area contributed by atoms with Crippen LogP contribution < -0.4 is 0 Å². The van der Waals surface area contributed by atoms with Crippen molar-refractivity contribution < 1.29 is 14.3 Å². The summed E-state index contributed by atoms with van der Waals surface area (Å²) in [5.41, 5.74) is 4.87. The summed E-state index contributed by atoms with van der Waals surface area (Å²) in [6.07, 6.45) is 12.3. The second kappa shape index (κ2) is 18.1. The smallest absolute Gasteiger partial charge is 0.320 e. The molecule has 0 aliphatic carbocycles. The van der Waals surface area contributed by atoms with Gasteiger partial charge in [0.25, 0.3) is 0 Å². The van der Waals surface area contributed by atoms with Gasteiger partial charge in [0.1, 0.15) is 6.10 Å². The summed E-state index contributed by atoms with van der Waals surface area (Å²) < 4.78 is 6.01. The first kappa shape index (κ1) is 33.9. The van der Waals surface area contributed by atoms with E-state index in [4.69, 9.17) is 4.74 Å². The van der Waals surface area contributed by atoms with Gasteiger partial charge in [0, 0.05) is 51.0 Å². The lowest BCUT2D eigenvalue weighted by Gasteiger charge is -2.40. The predicted molar refractivity (Wildman–Crippen MR) is 185 cm³/mol. The van der Waals surface area contributed by atoms with E-state index in [-0.39, 0.29) is 37.1 Å². The fraction of sp³-hybridized carbons (Fsp3) is 0.385. The number of benzene rings is 2. The van der Waals surface area contributed by atoms with Crippen LogP contribution in [0.2, 0.25) is 0 Å². The lowest BCUT2D eigenvalue weighted by molar-refractivity contribution is -0.151. The van der Waals surface area contributed by atoms with E-state index >= 15 is 0 Å². The molecule has 3 heterocycles. The SMILES string of the molecule is CN(CC(=O)OC(CCCc1cccnc1)CCCc1cccnc1)CC(=O)N1CCN(C(c2ccccc2)c2ccccc2)CC1. The highest BCUT2D eigenvalue weighted by molar-refractivity contribution is 5.79. The minimum absolute atomic E-state index is 0.0420. The molecule has 1 saturated heterocycles. The highest BCUT2D eigenvalue weighted by atomic mass is 16.5. The second-order valence-electron chi connectivity index (χ2n) is 12.4. The number of piperazine rings is 1. The zero-order valence-electron chi connectivity index (χ0n) is 27.5. The summed E-state index contributed by atoms with van der Waals surface area (Å²) in [6, 6.07) is 29.3. The number of aryl methyl sites for hydroxylation is 2. The number of aromatic nitrogens is 2. The number of pyridine rings is 2. The summed E-state index contributed by atoms with van der Waals surface area (Å²) in [6.45, 7) is 3.14. The highest BCUT2D eigenvalue weighted by Crippen LogP contribution is 2.29. The van der Waals surface area contributed by atoms with Crippen LogP contribution in [-0.4, -0.2) is 89.0 Å². The molecule has 4 aromatic rings. The van der Waals surface area contributed by atoms with Crippen LogP contribution in [0, 0.1) is 0 Å². The minimum atomic E-state index is -0.286. The number of carbonyl (C=O) groups is 2. The molecule has 1 aliphatic heterocycles. The van der Waals surface area contributed by atoms with Gasteiger partial charge in [-0.2, -0.15) is 0 Å². The summed E-state index contributed by atoms with van der Waals surface area (Å²) in [5.74, 6) is -0.244. The third-order valence-corrected chi connectivity index (χ3v) is 8.79. The molecule has 1 amide bonds. The maximum absolute atomic E-state index is 13.3. The van der Waals surface area contributed by atoms with E-state index in [0.717, 1.165) is 51.6 Å². The Kier molecular flexibility index (Phi) is 13.1. The van der Waals surface area contributed by atoms with Crippen LogP contribution in [0.1, 0.15) is 54.0 Å². The van der Waals surface area contributed by atoms with Gasteiger partial charge in [-0.05, 0) is 80.0 Å². The predicted octanol–water partition coefficient (Wildman–Crippen LogP) is 5.60. The Balaban J connectivity index is 1.09. The average Bonchev–Trinajstić information content (AvgIpc) is 3.10. The quantitative estimate of drug-likeness (QED) is 0.149. The van der Waals surface area contributed by atoms with Gasteiger partial charge in [-0.1, -0.05) is 72.8 Å². The van der Waals surface area contributed by atoms with Crippen molar-refractivity contribution in [2.75, 3.05) is 46.3 Å². The van der Waals surface area contributed by atoms with Gasteiger partial charge in [-0.3, -0.25) is 29.4 Å². The number of hydrogen-bond donors (Lipinski definition) is 0. The number of esters is 1. The number of ether oxygens (including phenoxy) is 1. The summed E-state index contributed by atoms with van der Waals surface area (Å²) in [7, 11) is 1.82. The molecular formula is C39H47N5O3. The van der Waals surface area contributed by atoms with Crippen LogP contribution in [0.5, 0.6) is 0 Å². The largest absolute Gasteiger partial charge is 0.461 e. The maximum Gasteiger partial charge on any atom is 0.320 e. The van der Waals surface area contributed by atoms with Gasteiger partial charge >= 0.3 is 5.97 Å². The molecule has 8 nitrogen and oxygen atoms in total. The monoisotopic (exact) mass is 633 g/mol. The van der Waals surface area contributed by atoms with Crippen molar-refractivity contribution >= 4 is 11.9 Å². The third kappa shape index (κ3) is 10.8. The van der Waals surface area contributed by atoms with Gasteiger partial charge in [0.2, 0.25) is 5.91 Å². The molecule has 0 bridgehead atoms. The van der Waals surface area contributed by atoms with Crippen LogP contribution >= 0.6 is 0 Å². The van der Waals surface area contributed by atoms with Crippen LogP contribution in [0.15, 0.2) is 110 Å². The number of carbonyl (C=O) groups excluding carboxylic acids is 2. The van der Waals surface area contributed by atoms with Crippen molar-refractivity contribution in [2.24, 2.45) is 0 Å². The zero-order chi connectivity index (χ0) is 32.7. The molecule has 0 unspecified atom stereocenters. The third-order valence-electron chi connectivity index (χ3n) is 8.79. The van der Waals surface area contributed by atoms with E-state index in [0.29, 0.717) is 13.1 Å². The van der Waals surface area contributed by atoms with E-state index in [2.05, 4.69) is 75.5 Å². The van der Waals surface area contributed by atoms with Gasteiger partial charge in [0.15, 0.2) is 0 Å². The molecule has 1 fully saturated rings. The Bertz CT molecular complexity index is 1400. The Hall–Kier alpha value is -4.40. The van der Waals surface area contributed by atoms with Crippen molar-refractivity contribution in [3.05, 3.63) is 132 Å². The molecular weight excluding hydrogens is 586 g/mol. The molecule has 0 radical (unpaired) electrons.